The smallest absolute Gasteiger partial charge is 0.328 e. The number of hydrogen-bond donors (Lipinski definition) is 1. The highest BCUT2D eigenvalue weighted by Gasteiger charge is 2.20. The third-order valence-electron chi connectivity index (χ3n) is 4.34. The molecule has 0 spiro atoms. The van der Waals surface area contributed by atoms with Crippen molar-refractivity contribution < 1.29 is 17.6 Å². The van der Waals surface area contributed by atoms with Gasteiger partial charge in [-0.15, -0.1) is 10.2 Å². The van der Waals surface area contributed by atoms with E-state index in [2.05, 4.69) is 10.2 Å². The van der Waals surface area contributed by atoms with E-state index in [1.165, 1.54) is 27.3 Å². The standard InChI is InChI=1S/C17H21N5O5S/c1-10(2)16-19-18-15(27-16)8-7-14(23)20-28(25,26)11-5-6-12-13(9-11)22(4)17(24)21(12)3/h5-6,9-10H,7-8H2,1-4H3,(H,20,23). The second-order valence-corrected chi connectivity index (χ2v) is 8.45. The lowest BCUT2D eigenvalue weighted by atomic mass is 10.2. The summed E-state index contributed by atoms with van der Waals surface area (Å²) in [4.78, 5) is 24.0. The number of nitrogens with zero attached hydrogens (tertiary/aromatic N) is 4. The van der Waals surface area contributed by atoms with E-state index in [1.54, 1.807) is 14.1 Å². The molecule has 1 N–H and O–H groups in total. The van der Waals surface area contributed by atoms with E-state index in [0.717, 1.165) is 0 Å². The molecule has 0 aliphatic carbocycles. The van der Waals surface area contributed by atoms with Crippen molar-refractivity contribution in [2.24, 2.45) is 14.1 Å². The van der Waals surface area contributed by atoms with Crippen molar-refractivity contribution in [3.8, 4) is 0 Å². The second-order valence-electron chi connectivity index (χ2n) is 6.77. The molecule has 28 heavy (non-hydrogen) atoms. The van der Waals surface area contributed by atoms with Gasteiger partial charge in [-0.2, -0.15) is 0 Å². The lowest BCUT2D eigenvalue weighted by molar-refractivity contribution is -0.119. The second kappa shape index (κ2) is 7.23. The van der Waals surface area contributed by atoms with Gasteiger partial charge >= 0.3 is 5.69 Å². The molecule has 2 aromatic heterocycles. The number of aromatic nitrogens is 4. The predicted octanol–water partition coefficient (Wildman–Crippen LogP) is 0.821. The molecule has 1 aromatic carbocycles. The number of sulfonamides is 1. The van der Waals surface area contributed by atoms with Gasteiger partial charge in [-0.25, -0.2) is 17.9 Å². The topological polar surface area (TPSA) is 129 Å². The molecule has 0 fully saturated rings. The van der Waals surface area contributed by atoms with Gasteiger partial charge in [0, 0.05) is 32.9 Å². The Morgan fingerprint density at radius 1 is 1.18 bits per heavy atom. The molecule has 2 heterocycles. The minimum Gasteiger partial charge on any atom is -0.425 e. The van der Waals surface area contributed by atoms with E-state index in [0.29, 0.717) is 16.9 Å². The average Bonchev–Trinajstić information content (AvgIpc) is 3.20. The molecule has 0 saturated carbocycles. The van der Waals surface area contributed by atoms with Crippen LogP contribution in [-0.2, 0) is 35.3 Å². The molecule has 0 atom stereocenters. The third kappa shape index (κ3) is 3.70. The molecule has 150 valence electrons. The van der Waals surface area contributed by atoms with E-state index in [9.17, 15) is 18.0 Å². The Morgan fingerprint density at radius 2 is 1.86 bits per heavy atom. The zero-order chi connectivity index (χ0) is 20.6. The molecule has 0 aliphatic rings. The number of amides is 1. The highest BCUT2D eigenvalue weighted by atomic mass is 32.2. The number of nitrogens with one attached hydrogen (secondary N) is 1. The maximum atomic E-state index is 12.5. The number of carbonyl (C=O) groups excluding carboxylic acids is 1. The van der Waals surface area contributed by atoms with Crippen molar-refractivity contribution in [3.63, 3.8) is 0 Å². The van der Waals surface area contributed by atoms with Gasteiger partial charge in [0.2, 0.25) is 17.7 Å². The van der Waals surface area contributed by atoms with Gasteiger partial charge in [0.05, 0.1) is 15.9 Å². The summed E-state index contributed by atoms with van der Waals surface area (Å²) in [5.74, 6) is 0.118. The van der Waals surface area contributed by atoms with Crippen LogP contribution in [-0.4, -0.2) is 33.7 Å². The number of hydrogen-bond acceptors (Lipinski definition) is 7. The maximum absolute atomic E-state index is 12.5. The number of fused-ring (bicyclic) bond motifs is 1. The van der Waals surface area contributed by atoms with Crippen molar-refractivity contribution in [1.82, 2.24) is 24.1 Å². The van der Waals surface area contributed by atoms with Crippen LogP contribution in [0.4, 0.5) is 0 Å². The molecule has 0 bridgehead atoms. The summed E-state index contributed by atoms with van der Waals surface area (Å²) in [7, 11) is -0.924. The van der Waals surface area contributed by atoms with Gasteiger partial charge in [-0.3, -0.25) is 13.9 Å². The first-order valence-electron chi connectivity index (χ1n) is 8.63. The van der Waals surface area contributed by atoms with Gasteiger partial charge in [0.15, 0.2) is 0 Å². The minimum absolute atomic E-state index is 0.0688. The molecule has 0 unspecified atom stereocenters. The van der Waals surface area contributed by atoms with E-state index < -0.39 is 15.9 Å². The van der Waals surface area contributed by atoms with Gasteiger partial charge in [-0.1, -0.05) is 13.8 Å². The number of imidazole rings is 1. The fourth-order valence-corrected chi connectivity index (χ4v) is 3.77. The number of rotatable bonds is 6. The van der Waals surface area contributed by atoms with Crippen molar-refractivity contribution in [2.75, 3.05) is 0 Å². The monoisotopic (exact) mass is 407 g/mol. The van der Waals surface area contributed by atoms with E-state index in [4.69, 9.17) is 4.42 Å². The SMILES string of the molecule is CC(C)c1nnc(CCC(=O)NS(=O)(=O)c2ccc3c(c2)n(C)c(=O)n3C)o1. The molecule has 3 aromatic rings. The Hall–Kier alpha value is -2.95. The first-order valence-corrected chi connectivity index (χ1v) is 10.1. The maximum Gasteiger partial charge on any atom is 0.328 e. The summed E-state index contributed by atoms with van der Waals surface area (Å²) in [6.45, 7) is 3.80. The molecule has 11 heteroatoms. The van der Waals surface area contributed by atoms with Crippen LogP contribution >= 0.6 is 0 Å². The van der Waals surface area contributed by atoms with E-state index >= 15 is 0 Å². The van der Waals surface area contributed by atoms with Crippen LogP contribution in [0.1, 0.15) is 38.0 Å². The van der Waals surface area contributed by atoms with Gasteiger partial charge in [0.25, 0.3) is 10.0 Å². The molecule has 10 nitrogen and oxygen atoms in total. The quantitative estimate of drug-likeness (QED) is 0.640. The molecular formula is C17H21N5O5S. The van der Waals surface area contributed by atoms with E-state index in [1.807, 2.05) is 18.6 Å². The lowest BCUT2D eigenvalue weighted by Gasteiger charge is -2.07. The summed E-state index contributed by atoms with van der Waals surface area (Å²) in [5, 5.41) is 7.70. The Labute approximate surface area is 161 Å². The lowest BCUT2D eigenvalue weighted by Crippen LogP contribution is -2.30. The van der Waals surface area contributed by atoms with Crippen LogP contribution in [0.2, 0.25) is 0 Å². The zero-order valence-corrected chi connectivity index (χ0v) is 16.8. The summed E-state index contributed by atoms with van der Waals surface area (Å²) in [6.07, 6.45) is 0.0122. The summed E-state index contributed by atoms with van der Waals surface area (Å²) < 4.78 is 35.2. The molecule has 1 amide bonds. The molecule has 3 rings (SSSR count). The Kier molecular flexibility index (Phi) is 5.11. The van der Waals surface area contributed by atoms with Crippen LogP contribution in [0.15, 0.2) is 32.3 Å². The number of benzene rings is 1. The highest BCUT2D eigenvalue weighted by Crippen LogP contribution is 2.18. The zero-order valence-electron chi connectivity index (χ0n) is 16.0. The molecular weight excluding hydrogens is 386 g/mol. The number of carbonyl (C=O) groups is 1. The van der Waals surface area contributed by atoms with Crippen LogP contribution in [0.25, 0.3) is 11.0 Å². The summed E-state index contributed by atoms with van der Waals surface area (Å²) >= 11 is 0. The van der Waals surface area contributed by atoms with Crippen molar-refractivity contribution in [3.05, 3.63) is 40.5 Å². The van der Waals surface area contributed by atoms with Gasteiger partial charge in [-0.05, 0) is 18.2 Å². The van der Waals surface area contributed by atoms with E-state index in [-0.39, 0.29) is 35.2 Å². The first kappa shape index (κ1) is 19.8. The van der Waals surface area contributed by atoms with Crippen molar-refractivity contribution in [1.29, 1.82) is 0 Å². The van der Waals surface area contributed by atoms with Crippen LogP contribution in [0, 0.1) is 0 Å². The predicted molar refractivity (Wildman–Crippen MR) is 100 cm³/mol. The molecule has 0 radical (unpaired) electrons. The normalized spacial score (nSPS) is 12.0. The summed E-state index contributed by atoms with van der Waals surface area (Å²) in [5.41, 5.74) is 0.777. The third-order valence-corrected chi connectivity index (χ3v) is 5.72. The highest BCUT2D eigenvalue weighted by molar-refractivity contribution is 7.90. The Morgan fingerprint density at radius 3 is 2.50 bits per heavy atom. The van der Waals surface area contributed by atoms with Gasteiger partial charge < -0.3 is 4.42 Å². The molecule has 0 aliphatic heterocycles. The van der Waals surface area contributed by atoms with Gasteiger partial charge in [0.1, 0.15) is 0 Å². The van der Waals surface area contributed by atoms with Crippen LogP contribution < -0.4 is 10.4 Å². The largest absolute Gasteiger partial charge is 0.425 e. The summed E-state index contributed by atoms with van der Waals surface area (Å²) in [6, 6.07) is 4.24. The number of aryl methyl sites for hydroxylation is 3. The average molecular weight is 407 g/mol. The van der Waals surface area contributed by atoms with Crippen LogP contribution in [0.5, 0.6) is 0 Å². The van der Waals surface area contributed by atoms with Crippen LogP contribution in [0.3, 0.4) is 0 Å². The van der Waals surface area contributed by atoms with Crippen molar-refractivity contribution >= 4 is 27.0 Å². The molecule has 0 saturated heterocycles. The Balaban J connectivity index is 1.73. The van der Waals surface area contributed by atoms with Crippen molar-refractivity contribution in [2.45, 2.75) is 37.5 Å². The minimum atomic E-state index is -4.07. The Bertz CT molecular complexity index is 1200. The fourth-order valence-electron chi connectivity index (χ4n) is 2.73. The fraction of sp³-hybridized carbons (Fsp3) is 0.412. The first-order chi connectivity index (χ1) is 13.1.